The van der Waals surface area contributed by atoms with Crippen molar-refractivity contribution in [3.8, 4) is 0 Å². The maximum atomic E-state index is 14.6. The second-order valence-electron chi connectivity index (χ2n) is 12.4. The molecule has 0 radical (unpaired) electrons. The monoisotopic (exact) mass is 623 g/mol. The van der Waals surface area contributed by atoms with Gasteiger partial charge in [-0.15, -0.1) is 0 Å². The first kappa shape index (κ1) is 29.9. The normalized spacial score (nSPS) is 19.4. The first-order chi connectivity index (χ1) is 22.3. The summed E-state index contributed by atoms with van der Waals surface area (Å²) in [6, 6.07) is 24.1. The fourth-order valence-corrected chi connectivity index (χ4v) is 7.17. The number of piperidine rings is 1. The van der Waals surface area contributed by atoms with Crippen LogP contribution in [0, 0.1) is 17.6 Å². The van der Waals surface area contributed by atoms with E-state index in [9.17, 15) is 23.2 Å². The van der Waals surface area contributed by atoms with E-state index in [1.807, 2.05) is 34.9 Å². The smallest absolute Gasteiger partial charge is 0.261 e. The topological polar surface area (TPSA) is 77.9 Å². The number of carbonyl (C=O) groups is 2. The molecule has 4 heterocycles. The number of nitrogens with zero attached hydrogens (tertiary/aromatic N) is 4. The molecule has 8 nitrogen and oxygen atoms in total. The van der Waals surface area contributed by atoms with Crippen LogP contribution < -0.4 is 15.8 Å². The van der Waals surface area contributed by atoms with Gasteiger partial charge in [0.2, 0.25) is 0 Å². The second kappa shape index (κ2) is 12.5. The molecule has 0 aliphatic carbocycles. The molecule has 236 valence electrons. The summed E-state index contributed by atoms with van der Waals surface area (Å²) in [5.74, 6) is -2.72. The SMILES string of the molecule is O=C(Nc1cc(C(=O)N2CCN(Cc3ccccc3)CC2)ccc1N1CC2CC(C1)c1cccc(=O)n1C2)c1c(F)cccc1F. The predicted molar refractivity (Wildman–Crippen MR) is 172 cm³/mol. The van der Waals surface area contributed by atoms with Gasteiger partial charge in [0.05, 0.1) is 11.4 Å². The van der Waals surface area contributed by atoms with E-state index < -0.39 is 23.1 Å². The fourth-order valence-electron chi connectivity index (χ4n) is 7.17. The van der Waals surface area contributed by atoms with E-state index in [-0.39, 0.29) is 23.3 Å². The van der Waals surface area contributed by atoms with Gasteiger partial charge in [0.15, 0.2) is 0 Å². The van der Waals surface area contributed by atoms with Gasteiger partial charge in [-0.2, -0.15) is 0 Å². The highest BCUT2D eigenvalue weighted by Gasteiger charge is 2.36. The summed E-state index contributed by atoms with van der Waals surface area (Å²) in [6.07, 6.45) is 0.939. The minimum Gasteiger partial charge on any atom is -0.369 e. The third kappa shape index (κ3) is 5.92. The molecule has 10 heteroatoms. The molecule has 0 saturated carbocycles. The van der Waals surface area contributed by atoms with E-state index in [4.69, 9.17) is 0 Å². The summed E-state index contributed by atoms with van der Waals surface area (Å²) in [7, 11) is 0. The molecule has 7 rings (SSSR count). The zero-order chi connectivity index (χ0) is 31.8. The molecular formula is C36H35F2N5O3. The Morgan fingerprint density at radius 3 is 2.30 bits per heavy atom. The molecule has 3 aliphatic heterocycles. The number of anilines is 2. The van der Waals surface area contributed by atoms with Crippen molar-refractivity contribution in [3.63, 3.8) is 0 Å². The minimum atomic E-state index is -0.964. The van der Waals surface area contributed by atoms with Gasteiger partial charge in [0, 0.05) is 75.6 Å². The summed E-state index contributed by atoms with van der Waals surface area (Å²) >= 11 is 0. The number of piperazine rings is 1. The maximum Gasteiger partial charge on any atom is 0.261 e. The van der Waals surface area contributed by atoms with Crippen molar-refractivity contribution in [1.82, 2.24) is 14.4 Å². The van der Waals surface area contributed by atoms with Gasteiger partial charge >= 0.3 is 0 Å². The Kier molecular flexibility index (Phi) is 8.12. The van der Waals surface area contributed by atoms with Crippen LogP contribution in [0.5, 0.6) is 0 Å². The second-order valence-corrected chi connectivity index (χ2v) is 12.4. The lowest BCUT2D eigenvalue weighted by Crippen LogP contribution is -2.48. The first-order valence-corrected chi connectivity index (χ1v) is 15.7. The molecule has 2 atom stereocenters. The van der Waals surface area contributed by atoms with Crippen LogP contribution in [-0.4, -0.2) is 65.4 Å². The zero-order valence-corrected chi connectivity index (χ0v) is 25.4. The molecule has 4 aromatic rings. The van der Waals surface area contributed by atoms with Crippen LogP contribution in [0.3, 0.4) is 0 Å². The molecule has 3 aromatic carbocycles. The largest absolute Gasteiger partial charge is 0.369 e. The Balaban J connectivity index is 1.15. The lowest BCUT2D eigenvalue weighted by molar-refractivity contribution is 0.0628. The van der Waals surface area contributed by atoms with Crippen LogP contribution in [0.2, 0.25) is 0 Å². The van der Waals surface area contributed by atoms with E-state index >= 15 is 0 Å². The molecule has 2 bridgehead atoms. The number of halogens is 2. The fraction of sp³-hybridized carbons (Fsp3) is 0.306. The van der Waals surface area contributed by atoms with Crippen molar-refractivity contribution in [3.05, 3.63) is 129 Å². The molecule has 2 amide bonds. The van der Waals surface area contributed by atoms with Crippen molar-refractivity contribution in [1.29, 1.82) is 0 Å². The average Bonchev–Trinajstić information content (AvgIpc) is 3.05. The number of fused-ring (bicyclic) bond motifs is 4. The third-order valence-corrected chi connectivity index (χ3v) is 9.41. The van der Waals surface area contributed by atoms with Gasteiger partial charge in [-0.05, 0) is 54.3 Å². The van der Waals surface area contributed by atoms with Crippen molar-refractivity contribution >= 4 is 23.2 Å². The van der Waals surface area contributed by atoms with E-state index in [1.165, 1.54) is 11.6 Å². The van der Waals surface area contributed by atoms with Gasteiger partial charge in [-0.1, -0.05) is 42.5 Å². The van der Waals surface area contributed by atoms with Crippen LogP contribution in [-0.2, 0) is 13.1 Å². The summed E-state index contributed by atoms with van der Waals surface area (Å²) in [4.78, 5) is 45.8. The van der Waals surface area contributed by atoms with Gasteiger partial charge in [-0.3, -0.25) is 19.3 Å². The van der Waals surface area contributed by atoms with E-state index in [0.29, 0.717) is 49.7 Å². The number of aromatic nitrogens is 1. The van der Waals surface area contributed by atoms with E-state index in [1.54, 1.807) is 29.2 Å². The maximum absolute atomic E-state index is 14.6. The van der Waals surface area contributed by atoms with Crippen LogP contribution in [0.4, 0.5) is 20.2 Å². The highest BCUT2D eigenvalue weighted by atomic mass is 19.1. The molecular weight excluding hydrogens is 588 g/mol. The molecule has 1 aromatic heterocycles. The summed E-state index contributed by atoms with van der Waals surface area (Å²) < 4.78 is 31.1. The van der Waals surface area contributed by atoms with Gasteiger partial charge < -0.3 is 19.7 Å². The average molecular weight is 624 g/mol. The minimum absolute atomic E-state index is 0.00992. The van der Waals surface area contributed by atoms with Crippen molar-refractivity contribution in [2.75, 3.05) is 49.5 Å². The Morgan fingerprint density at radius 2 is 1.54 bits per heavy atom. The Bertz CT molecular complexity index is 1820. The van der Waals surface area contributed by atoms with Crippen LogP contribution in [0.1, 0.15) is 44.3 Å². The van der Waals surface area contributed by atoms with E-state index in [0.717, 1.165) is 43.9 Å². The highest BCUT2D eigenvalue weighted by Crippen LogP contribution is 2.39. The Morgan fingerprint density at radius 1 is 0.804 bits per heavy atom. The molecule has 2 saturated heterocycles. The highest BCUT2D eigenvalue weighted by molar-refractivity contribution is 6.07. The summed E-state index contributed by atoms with van der Waals surface area (Å²) in [6.45, 7) is 5.21. The molecule has 0 spiro atoms. The lowest BCUT2D eigenvalue weighted by Gasteiger charge is -2.44. The standard InChI is InChI=1S/C36H35F2N5O3/c37-28-8-4-9-29(38)34(28)35(45)39-30-19-26(36(46)41-16-14-40(15-17-41)20-24-6-2-1-3-7-24)12-13-32(30)42-21-25-18-27(23-42)31-10-5-11-33(44)43(31)22-25/h1-13,19,25,27H,14-18,20-23H2,(H,39,45). The van der Waals surface area contributed by atoms with Crippen LogP contribution in [0.15, 0.2) is 89.7 Å². The summed E-state index contributed by atoms with van der Waals surface area (Å²) in [5, 5.41) is 2.74. The lowest BCUT2D eigenvalue weighted by atomic mass is 9.83. The first-order valence-electron chi connectivity index (χ1n) is 15.7. The molecule has 2 unspecified atom stereocenters. The van der Waals surface area contributed by atoms with Gasteiger partial charge in [0.25, 0.3) is 17.4 Å². The third-order valence-electron chi connectivity index (χ3n) is 9.41. The van der Waals surface area contributed by atoms with E-state index in [2.05, 4.69) is 27.2 Å². The van der Waals surface area contributed by atoms with Crippen molar-refractivity contribution < 1.29 is 18.4 Å². The molecule has 46 heavy (non-hydrogen) atoms. The number of benzene rings is 3. The van der Waals surface area contributed by atoms with Gasteiger partial charge in [-0.25, -0.2) is 8.78 Å². The predicted octanol–water partition coefficient (Wildman–Crippen LogP) is 4.96. The number of rotatable bonds is 6. The number of pyridine rings is 1. The Labute approximate surface area is 265 Å². The van der Waals surface area contributed by atoms with Crippen LogP contribution in [0.25, 0.3) is 0 Å². The van der Waals surface area contributed by atoms with Crippen LogP contribution >= 0.6 is 0 Å². The number of carbonyl (C=O) groups excluding carboxylic acids is 2. The van der Waals surface area contributed by atoms with Gasteiger partial charge in [0.1, 0.15) is 17.2 Å². The molecule has 2 fully saturated rings. The number of nitrogens with one attached hydrogen (secondary N) is 1. The number of hydrogen-bond donors (Lipinski definition) is 1. The number of hydrogen-bond acceptors (Lipinski definition) is 5. The summed E-state index contributed by atoms with van der Waals surface area (Å²) in [5.41, 5.74) is 2.88. The molecule has 1 N–H and O–H groups in total. The Hall–Kier alpha value is -4.83. The van der Waals surface area contributed by atoms with Crippen molar-refractivity contribution in [2.24, 2.45) is 5.92 Å². The quantitative estimate of drug-likeness (QED) is 0.329. The zero-order valence-electron chi connectivity index (χ0n) is 25.4. The molecule has 3 aliphatic rings. The van der Waals surface area contributed by atoms with Crippen molar-refractivity contribution in [2.45, 2.75) is 25.4 Å². The number of amides is 2.